The molecule has 0 aliphatic carbocycles. The lowest BCUT2D eigenvalue weighted by atomic mass is 10.3. The van der Waals surface area contributed by atoms with Crippen LogP contribution < -0.4 is 14.4 Å². The van der Waals surface area contributed by atoms with Crippen LogP contribution in [-0.4, -0.2) is 55.8 Å². The number of thiazole rings is 1. The third-order valence-corrected chi connectivity index (χ3v) is 4.71. The van der Waals surface area contributed by atoms with E-state index in [0.29, 0.717) is 13.2 Å². The molecule has 1 aromatic carbocycles. The predicted molar refractivity (Wildman–Crippen MR) is 93.9 cm³/mol. The molecule has 1 saturated heterocycles. The average molecular weight is 333 g/mol. The Kier molecular flexibility index (Phi) is 5.71. The van der Waals surface area contributed by atoms with Crippen LogP contribution in [0.2, 0.25) is 0 Å². The Morgan fingerprint density at radius 2 is 1.74 bits per heavy atom. The van der Waals surface area contributed by atoms with E-state index < -0.39 is 0 Å². The third kappa shape index (κ3) is 4.59. The lowest BCUT2D eigenvalue weighted by Crippen LogP contribution is -2.47. The van der Waals surface area contributed by atoms with E-state index in [9.17, 15) is 0 Å². The molecule has 0 N–H and O–H groups in total. The van der Waals surface area contributed by atoms with Crippen LogP contribution in [0.3, 0.4) is 0 Å². The molecule has 0 saturated carbocycles. The molecule has 2 aromatic rings. The quantitative estimate of drug-likeness (QED) is 0.779. The number of aromatic nitrogens is 1. The molecule has 1 aromatic heterocycles. The van der Waals surface area contributed by atoms with Crippen molar-refractivity contribution in [3.63, 3.8) is 0 Å². The molecule has 1 aliphatic rings. The van der Waals surface area contributed by atoms with Gasteiger partial charge in [0.25, 0.3) is 0 Å². The summed E-state index contributed by atoms with van der Waals surface area (Å²) in [5, 5.41) is 3.17. The zero-order valence-corrected chi connectivity index (χ0v) is 14.3. The van der Waals surface area contributed by atoms with E-state index in [1.165, 1.54) is 0 Å². The maximum atomic E-state index is 5.82. The first-order valence-electron chi connectivity index (χ1n) is 8.07. The Hall–Kier alpha value is -1.79. The Labute approximate surface area is 141 Å². The molecule has 3 rings (SSSR count). The van der Waals surface area contributed by atoms with Gasteiger partial charge >= 0.3 is 0 Å². The highest BCUT2D eigenvalue weighted by Gasteiger charge is 2.18. The molecule has 0 spiro atoms. The van der Waals surface area contributed by atoms with Crippen molar-refractivity contribution in [2.24, 2.45) is 0 Å². The summed E-state index contributed by atoms with van der Waals surface area (Å²) in [5.41, 5.74) is 0. The maximum absolute atomic E-state index is 5.82. The van der Waals surface area contributed by atoms with Crippen molar-refractivity contribution in [3.8, 4) is 11.5 Å². The molecule has 23 heavy (non-hydrogen) atoms. The van der Waals surface area contributed by atoms with Crippen molar-refractivity contribution in [2.75, 3.05) is 50.8 Å². The predicted octanol–water partition coefficient (Wildman–Crippen LogP) is 2.74. The highest BCUT2D eigenvalue weighted by Crippen LogP contribution is 2.19. The minimum absolute atomic E-state index is 0.688. The SMILES string of the molecule is CCOc1ccc(OCCN2CCN(c3nccs3)CC2)cc1. The number of hydrogen-bond donors (Lipinski definition) is 0. The summed E-state index contributed by atoms with van der Waals surface area (Å²) in [7, 11) is 0. The number of ether oxygens (including phenoxy) is 2. The average Bonchev–Trinajstić information content (AvgIpc) is 3.12. The molecular weight excluding hydrogens is 310 g/mol. The van der Waals surface area contributed by atoms with Gasteiger partial charge in [0.05, 0.1) is 6.61 Å². The summed E-state index contributed by atoms with van der Waals surface area (Å²) in [6.07, 6.45) is 1.87. The van der Waals surface area contributed by atoms with Crippen molar-refractivity contribution in [3.05, 3.63) is 35.8 Å². The molecule has 0 unspecified atom stereocenters. The van der Waals surface area contributed by atoms with Gasteiger partial charge in [-0.3, -0.25) is 4.90 Å². The molecule has 1 fully saturated rings. The van der Waals surface area contributed by atoms with Gasteiger partial charge in [-0.05, 0) is 31.2 Å². The van der Waals surface area contributed by atoms with Gasteiger partial charge in [0, 0.05) is 44.3 Å². The smallest absolute Gasteiger partial charge is 0.185 e. The van der Waals surface area contributed by atoms with Gasteiger partial charge in [0.2, 0.25) is 0 Å². The minimum atomic E-state index is 0.688. The van der Waals surface area contributed by atoms with E-state index in [1.807, 2.05) is 42.8 Å². The highest BCUT2D eigenvalue weighted by molar-refractivity contribution is 7.13. The number of benzene rings is 1. The molecular formula is C17H23N3O2S. The second-order valence-corrected chi connectivity index (χ2v) is 6.27. The largest absolute Gasteiger partial charge is 0.494 e. The van der Waals surface area contributed by atoms with Crippen LogP contribution in [0.4, 0.5) is 5.13 Å². The molecule has 5 nitrogen and oxygen atoms in total. The number of piperazine rings is 1. The van der Waals surface area contributed by atoms with Crippen LogP contribution in [0.25, 0.3) is 0 Å². The molecule has 124 valence electrons. The second kappa shape index (κ2) is 8.17. The van der Waals surface area contributed by atoms with Gasteiger partial charge in [-0.25, -0.2) is 4.98 Å². The Balaban J connectivity index is 1.36. The van der Waals surface area contributed by atoms with Gasteiger partial charge in [-0.15, -0.1) is 11.3 Å². The van der Waals surface area contributed by atoms with Crippen LogP contribution in [0.1, 0.15) is 6.92 Å². The molecule has 0 bridgehead atoms. The van der Waals surface area contributed by atoms with Crippen LogP contribution in [0.5, 0.6) is 11.5 Å². The molecule has 6 heteroatoms. The summed E-state index contributed by atoms with van der Waals surface area (Å²) in [6, 6.07) is 7.83. The van der Waals surface area contributed by atoms with E-state index in [1.54, 1.807) is 11.3 Å². The second-order valence-electron chi connectivity index (χ2n) is 5.40. The Morgan fingerprint density at radius 1 is 1.04 bits per heavy atom. The lowest BCUT2D eigenvalue weighted by Gasteiger charge is -2.34. The van der Waals surface area contributed by atoms with Gasteiger partial charge in [-0.1, -0.05) is 0 Å². The van der Waals surface area contributed by atoms with E-state index in [-0.39, 0.29) is 0 Å². The summed E-state index contributed by atoms with van der Waals surface area (Å²) >= 11 is 1.71. The molecule has 2 heterocycles. The van der Waals surface area contributed by atoms with Crippen LogP contribution in [-0.2, 0) is 0 Å². The fourth-order valence-electron chi connectivity index (χ4n) is 2.63. The van der Waals surface area contributed by atoms with Gasteiger partial charge in [0.15, 0.2) is 5.13 Å². The van der Waals surface area contributed by atoms with Crippen molar-refractivity contribution in [1.82, 2.24) is 9.88 Å². The van der Waals surface area contributed by atoms with E-state index >= 15 is 0 Å². The standard InChI is InChI=1S/C17H23N3O2S/c1-2-21-15-3-5-16(6-4-15)22-13-12-19-8-10-20(11-9-19)17-18-7-14-23-17/h3-7,14H,2,8-13H2,1H3. The number of anilines is 1. The van der Waals surface area contributed by atoms with Crippen LogP contribution in [0.15, 0.2) is 35.8 Å². The van der Waals surface area contributed by atoms with Gasteiger partial charge in [-0.2, -0.15) is 0 Å². The van der Waals surface area contributed by atoms with E-state index in [2.05, 4.69) is 14.8 Å². The first-order chi connectivity index (χ1) is 11.3. The molecule has 1 aliphatic heterocycles. The van der Waals surface area contributed by atoms with Gasteiger partial charge in [0.1, 0.15) is 18.1 Å². The van der Waals surface area contributed by atoms with Crippen molar-refractivity contribution in [1.29, 1.82) is 0 Å². The normalized spacial score (nSPS) is 15.6. The molecule has 0 radical (unpaired) electrons. The summed E-state index contributed by atoms with van der Waals surface area (Å²) in [4.78, 5) is 9.18. The zero-order valence-electron chi connectivity index (χ0n) is 13.5. The Morgan fingerprint density at radius 3 is 2.35 bits per heavy atom. The topological polar surface area (TPSA) is 37.8 Å². The first kappa shape index (κ1) is 16.1. The summed E-state index contributed by atoms with van der Waals surface area (Å²) in [5.74, 6) is 1.79. The zero-order chi connectivity index (χ0) is 15.9. The molecule has 0 amide bonds. The number of rotatable bonds is 7. The number of nitrogens with zero attached hydrogens (tertiary/aromatic N) is 3. The Bertz CT molecular complexity index is 566. The maximum Gasteiger partial charge on any atom is 0.185 e. The summed E-state index contributed by atoms with van der Waals surface area (Å²) in [6.45, 7) is 8.54. The third-order valence-electron chi connectivity index (χ3n) is 3.87. The number of hydrogen-bond acceptors (Lipinski definition) is 6. The van der Waals surface area contributed by atoms with Crippen molar-refractivity contribution in [2.45, 2.75) is 6.92 Å². The van der Waals surface area contributed by atoms with E-state index in [4.69, 9.17) is 9.47 Å². The first-order valence-corrected chi connectivity index (χ1v) is 8.95. The van der Waals surface area contributed by atoms with Crippen LogP contribution >= 0.6 is 11.3 Å². The monoisotopic (exact) mass is 333 g/mol. The van der Waals surface area contributed by atoms with Crippen molar-refractivity contribution >= 4 is 16.5 Å². The fraction of sp³-hybridized carbons (Fsp3) is 0.471. The highest BCUT2D eigenvalue weighted by atomic mass is 32.1. The summed E-state index contributed by atoms with van der Waals surface area (Å²) < 4.78 is 11.2. The molecule has 0 atom stereocenters. The fourth-order valence-corrected chi connectivity index (χ4v) is 3.32. The lowest BCUT2D eigenvalue weighted by molar-refractivity contribution is 0.200. The van der Waals surface area contributed by atoms with Gasteiger partial charge < -0.3 is 14.4 Å². The van der Waals surface area contributed by atoms with Crippen LogP contribution in [0, 0.1) is 0 Å². The van der Waals surface area contributed by atoms with E-state index in [0.717, 1.165) is 49.4 Å². The minimum Gasteiger partial charge on any atom is -0.494 e. The van der Waals surface area contributed by atoms with Crippen molar-refractivity contribution < 1.29 is 9.47 Å².